The van der Waals surface area contributed by atoms with Crippen LogP contribution in [0.1, 0.15) is 12.8 Å². The smallest absolute Gasteiger partial charge is 0.261 e. The Hall–Kier alpha value is -1.75. The second-order valence-corrected chi connectivity index (χ2v) is 4.92. The van der Waals surface area contributed by atoms with Crippen LogP contribution in [0.4, 0.5) is 4.39 Å². The van der Waals surface area contributed by atoms with Crippen molar-refractivity contribution in [1.82, 2.24) is 9.55 Å². The average molecular weight is 262 g/mol. The average Bonchev–Trinajstić information content (AvgIpc) is 2.44. The first-order chi connectivity index (χ1) is 9.25. The van der Waals surface area contributed by atoms with Crippen LogP contribution in [-0.4, -0.2) is 22.8 Å². The number of benzene rings is 1. The van der Waals surface area contributed by atoms with Crippen molar-refractivity contribution in [2.24, 2.45) is 5.92 Å². The first-order valence-corrected chi connectivity index (χ1v) is 6.47. The molecule has 100 valence electrons. The summed E-state index contributed by atoms with van der Waals surface area (Å²) in [6.45, 7) is 2.05. The topological polar surface area (TPSA) is 44.1 Å². The number of halogens is 1. The Kier molecular flexibility index (Phi) is 3.29. The van der Waals surface area contributed by atoms with Crippen LogP contribution in [0.2, 0.25) is 0 Å². The molecule has 2 aromatic rings. The van der Waals surface area contributed by atoms with Gasteiger partial charge < -0.3 is 4.74 Å². The molecule has 1 aliphatic rings. The number of hydrogen-bond donors (Lipinski definition) is 0. The highest BCUT2D eigenvalue weighted by atomic mass is 19.1. The van der Waals surface area contributed by atoms with E-state index in [4.69, 9.17) is 4.74 Å². The maximum Gasteiger partial charge on any atom is 0.261 e. The number of hydrogen-bond acceptors (Lipinski definition) is 3. The molecule has 1 saturated heterocycles. The van der Waals surface area contributed by atoms with Crippen molar-refractivity contribution < 1.29 is 9.13 Å². The van der Waals surface area contributed by atoms with E-state index in [0.29, 0.717) is 24.5 Å². The molecule has 0 unspecified atom stereocenters. The molecule has 0 amide bonds. The summed E-state index contributed by atoms with van der Waals surface area (Å²) in [6.07, 6.45) is 3.50. The maximum atomic E-state index is 13.5. The standard InChI is InChI=1S/C14H15FN2O2/c15-12-5-1-4-11-13(12)16-9-17(14(11)18)7-10-3-2-6-19-8-10/h1,4-5,9-10H,2-3,6-8H2/t10-/m0/s1. The Morgan fingerprint density at radius 1 is 1.47 bits per heavy atom. The zero-order valence-corrected chi connectivity index (χ0v) is 10.5. The van der Waals surface area contributed by atoms with Gasteiger partial charge in [0.1, 0.15) is 11.3 Å². The van der Waals surface area contributed by atoms with Crippen LogP contribution >= 0.6 is 0 Å². The Morgan fingerprint density at radius 3 is 3.16 bits per heavy atom. The van der Waals surface area contributed by atoms with Crippen LogP contribution in [-0.2, 0) is 11.3 Å². The van der Waals surface area contributed by atoms with Gasteiger partial charge in [0.05, 0.1) is 18.3 Å². The van der Waals surface area contributed by atoms with E-state index in [0.717, 1.165) is 19.4 Å². The molecule has 4 nitrogen and oxygen atoms in total. The molecular weight excluding hydrogens is 247 g/mol. The fourth-order valence-electron chi connectivity index (χ4n) is 2.51. The van der Waals surface area contributed by atoms with Gasteiger partial charge in [-0.3, -0.25) is 9.36 Å². The number of ether oxygens (including phenoxy) is 1. The number of para-hydroxylation sites is 1. The van der Waals surface area contributed by atoms with Crippen LogP contribution in [0.5, 0.6) is 0 Å². The second kappa shape index (κ2) is 5.09. The Morgan fingerprint density at radius 2 is 2.37 bits per heavy atom. The zero-order chi connectivity index (χ0) is 13.2. The lowest BCUT2D eigenvalue weighted by atomic mass is 10.0. The molecule has 5 heteroatoms. The van der Waals surface area contributed by atoms with Gasteiger partial charge in [-0.05, 0) is 25.0 Å². The fourth-order valence-corrected chi connectivity index (χ4v) is 2.51. The zero-order valence-electron chi connectivity index (χ0n) is 10.5. The molecule has 0 radical (unpaired) electrons. The highest BCUT2D eigenvalue weighted by Crippen LogP contribution is 2.16. The summed E-state index contributed by atoms with van der Waals surface area (Å²) < 4.78 is 20.5. The van der Waals surface area contributed by atoms with Crippen molar-refractivity contribution >= 4 is 10.9 Å². The van der Waals surface area contributed by atoms with Crippen molar-refractivity contribution in [2.75, 3.05) is 13.2 Å². The van der Waals surface area contributed by atoms with Crippen LogP contribution in [0.15, 0.2) is 29.3 Å². The number of fused-ring (bicyclic) bond motifs is 1. The third-order valence-electron chi connectivity index (χ3n) is 3.51. The van der Waals surface area contributed by atoms with Crippen LogP contribution in [0.3, 0.4) is 0 Å². The summed E-state index contributed by atoms with van der Waals surface area (Å²) in [4.78, 5) is 16.3. The molecule has 0 saturated carbocycles. The molecular formula is C14H15FN2O2. The monoisotopic (exact) mass is 262 g/mol. The molecule has 0 spiro atoms. The lowest BCUT2D eigenvalue weighted by molar-refractivity contribution is 0.0479. The SMILES string of the molecule is O=c1c2cccc(F)c2ncn1C[C@@H]1CCCOC1. The van der Waals surface area contributed by atoms with Gasteiger partial charge in [0.15, 0.2) is 0 Å². The van der Waals surface area contributed by atoms with Gasteiger partial charge in [-0.2, -0.15) is 0 Å². The van der Waals surface area contributed by atoms with E-state index in [1.54, 1.807) is 10.6 Å². The van der Waals surface area contributed by atoms with Crippen molar-refractivity contribution in [1.29, 1.82) is 0 Å². The predicted octanol–water partition coefficient (Wildman–Crippen LogP) is 1.96. The highest BCUT2D eigenvalue weighted by molar-refractivity contribution is 5.77. The van der Waals surface area contributed by atoms with Gasteiger partial charge in [0.25, 0.3) is 5.56 Å². The Labute approximate surface area is 109 Å². The Balaban J connectivity index is 1.96. The largest absolute Gasteiger partial charge is 0.381 e. The van der Waals surface area contributed by atoms with Gasteiger partial charge in [-0.1, -0.05) is 6.07 Å². The molecule has 0 N–H and O–H groups in total. The highest BCUT2D eigenvalue weighted by Gasteiger charge is 2.16. The van der Waals surface area contributed by atoms with E-state index in [-0.39, 0.29) is 11.1 Å². The molecule has 2 heterocycles. The fraction of sp³-hybridized carbons (Fsp3) is 0.429. The van der Waals surface area contributed by atoms with E-state index in [1.165, 1.54) is 18.5 Å². The molecule has 3 rings (SSSR count). The molecule has 0 bridgehead atoms. The molecule has 1 aliphatic heterocycles. The first-order valence-electron chi connectivity index (χ1n) is 6.47. The Bertz CT molecular complexity index is 647. The summed E-state index contributed by atoms with van der Waals surface area (Å²) in [7, 11) is 0. The van der Waals surface area contributed by atoms with E-state index in [9.17, 15) is 9.18 Å². The minimum absolute atomic E-state index is 0.142. The van der Waals surface area contributed by atoms with Crippen molar-refractivity contribution in [3.8, 4) is 0 Å². The number of nitrogens with zero attached hydrogens (tertiary/aromatic N) is 2. The quantitative estimate of drug-likeness (QED) is 0.831. The summed E-state index contributed by atoms with van der Waals surface area (Å²) in [6, 6.07) is 4.46. The van der Waals surface area contributed by atoms with Crippen LogP contribution in [0, 0.1) is 11.7 Å². The number of aromatic nitrogens is 2. The van der Waals surface area contributed by atoms with Gasteiger partial charge in [-0.15, -0.1) is 0 Å². The number of rotatable bonds is 2. The van der Waals surface area contributed by atoms with Gasteiger partial charge in [0, 0.05) is 19.1 Å². The summed E-state index contributed by atoms with van der Waals surface area (Å²) in [5.74, 6) is -0.123. The molecule has 1 atom stereocenters. The minimum Gasteiger partial charge on any atom is -0.381 e. The maximum absolute atomic E-state index is 13.5. The van der Waals surface area contributed by atoms with E-state index >= 15 is 0 Å². The molecule has 1 aromatic heterocycles. The molecule has 19 heavy (non-hydrogen) atoms. The molecule has 1 fully saturated rings. The summed E-state index contributed by atoms with van der Waals surface area (Å²) in [5, 5.41) is 0.333. The summed E-state index contributed by atoms with van der Waals surface area (Å²) in [5.41, 5.74) is -0.0429. The minimum atomic E-state index is -0.456. The first kappa shape index (κ1) is 12.3. The lowest BCUT2D eigenvalue weighted by Crippen LogP contribution is -2.28. The van der Waals surface area contributed by atoms with Gasteiger partial charge in [0.2, 0.25) is 0 Å². The van der Waals surface area contributed by atoms with Crippen LogP contribution < -0.4 is 5.56 Å². The van der Waals surface area contributed by atoms with E-state index in [1.807, 2.05) is 0 Å². The van der Waals surface area contributed by atoms with Crippen LogP contribution in [0.25, 0.3) is 10.9 Å². The van der Waals surface area contributed by atoms with Gasteiger partial charge in [-0.25, -0.2) is 9.37 Å². The van der Waals surface area contributed by atoms with E-state index < -0.39 is 5.82 Å². The second-order valence-electron chi connectivity index (χ2n) is 4.92. The molecule has 0 aliphatic carbocycles. The van der Waals surface area contributed by atoms with Crippen molar-refractivity contribution in [2.45, 2.75) is 19.4 Å². The molecule has 1 aromatic carbocycles. The van der Waals surface area contributed by atoms with Crippen molar-refractivity contribution in [3.05, 3.63) is 40.7 Å². The third-order valence-corrected chi connectivity index (χ3v) is 3.51. The third kappa shape index (κ3) is 2.38. The van der Waals surface area contributed by atoms with E-state index in [2.05, 4.69) is 4.98 Å². The predicted molar refractivity (Wildman–Crippen MR) is 69.5 cm³/mol. The van der Waals surface area contributed by atoms with Crippen molar-refractivity contribution in [3.63, 3.8) is 0 Å². The van der Waals surface area contributed by atoms with Gasteiger partial charge >= 0.3 is 0 Å². The normalized spacial score (nSPS) is 19.7. The lowest BCUT2D eigenvalue weighted by Gasteiger charge is -2.22. The summed E-state index contributed by atoms with van der Waals surface area (Å²) >= 11 is 0.